The molecule has 0 bridgehead atoms. The Morgan fingerprint density at radius 1 is 1.00 bits per heavy atom. The molecule has 0 aliphatic carbocycles. The second-order valence-electron chi connectivity index (χ2n) is 6.29. The van der Waals surface area contributed by atoms with Crippen LogP contribution in [-0.4, -0.2) is 18.6 Å². The third kappa shape index (κ3) is 13.2. The minimum Gasteiger partial charge on any atom is -0.351 e. The molecule has 0 aliphatic rings. The maximum absolute atomic E-state index is 11.8. The predicted octanol–water partition coefficient (Wildman–Crippen LogP) is 4.91. The minimum absolute atomic E-state index is 0.0635. The Morgan fingerprint density at radius 3 is 2.00 bits per heavy atom. The van der Waals surface area contributed by atoms with E-state index in [-0.39, 0.29) is 11.9 Å². The van der Waals surface area contributed by atoms with Crippen LogP contribution in [0.15, 0.2) is 0 Å². The number of rotatable bonds is 14. The van der Waals surface area contributed by atoms with Gasteiger partial charge in [-0.2, -0.15) is 0 Å². The molecule has 0 saturated carbocycles. The summed E-state index contributed by atoms with van der Waals surface area (Å²) in [4.78, 5) is 11.8. The molecule has 0 spiro atoms. The van der Waals surface area contributed by atoms with Gasteiger partial charge in [0.2, 0.25) is 5.91 Å². The Morgan fingerprint density at radius 2 is 1.52 bits per heavy atom. The highest BCUT2D eigenvalue weighted by Crippen LogP contribution is 2.11. The SMILES string of the molecule is CCCCCCCCCCCC(=O)N[C@H](COS)C(C)C. The minimum atomic E-state index is 0.0635. The number of hydrogen-bond donors (Lipinski definition) is 2. The van der Waals surface area contributed by atoms with Crippen molar-refractivity contribution in [3.8, 4) is 0 Å². The zero-order valence-electron chi connectivity index (χ0n) is 14.2. The summed E-state index contributed by atoms with van der Waals surface area (Å²) in [6, 6.07) is 0.0635. The zero-order valence-corrected chi connectivity index (χ0v) is 15.1. The lowest BCUT2D eigenvalue weighted by Crippen LogP contribution is -2.41. The molecule has 1 N–H and O–H groups in total. The number of amides is 1. The highest BCUT2D eigenvalue weighted by molar-refractivity contribution is 7.75. The summed E-state index contributed by atoms with van der Waals surface area (Å²) in [5, 5.41) is 3.03. The fraction of sp³-hybridized carbons (Fsp3) is 0.941. The molecule has 21 heavy (non-hydrogen) atoms. The lowest BCUT2D eigenvalue weighted by molar-refractivity contribution is -0.122. The molecule has 3 nitrogen and oxygen atoms in total. The topological polar surface area (TPSA) is 38.3 Å². The third-order valence-corrected chi connectivity index (χ3v) is 4.06. The Kier molecular flexibility index (Phi) is 14.6. The van der Waals surface area contributed by atoms with Crippen molar-refractivity contribution in [2.75, 3.05) is 6.61 Å². The van der Waals surface area contributed by atoms with E-state index < -0.39 is 0 Å². The molecular weight excluding hydrogens is 282 g/mol. The van der Waals surface area contributed by atoms with Gasteiger partial charge in [-0.1, -0.05) is 72.1 Å². The Balaban J connectivity index is 3.48. The summed E-state index contributed by atoms with van der Waals surface area (Å²) in [5.74, 6) is 0.506. The average molecular weight is 318 g/mol. The smallest absolute Gasteiger partial charge is 0.220 e. The van der Waals surface area contributed by atoms with Crippen LogP contribution in [0, 0.1) is 5.92 Å². The molecule has 0 aromatic carbocycles. The van der Waals surface area contributed by atoms with Gasteiger partial charge < -0.3 is 9.50 Å². The van der Waals surface area contributed by atoms with Gasteiger partial charge in [-0.25, -0.2) is 0 Å². The largest absolute Gasteiger partial charge is 0.351 e. The van der Waals surface area contributed by atoms with Gasteiger partial charge in [0.15, 0.2) is 0 Å². The number of nitrogens with one attached hydrogen (secondary N) is 1. The maximum Gasteiger partial charge on any atom is 0.220 e. The average Bonchev–Trinajstić information content (AvgIpc) is 2.45. The molecule has 126 valence electrons. The quantitative estimate of drug-likeness (QED) is 0.271. The fourth-order valence-electron chi connectivity index (χ4n) is 2.36. The van der Waals surface area contributed by atoms with E-state index in [1.54, 1.807) is 0 Å². The van der Waals surface area contributed by atoms with Crippen molar-refractivity contribution in [2.24, 2.45) is 5.92 Å². The predicted molar refractivity (Wildman–Crippen MR) is 93.6 cm³/mol. The Labute approximate surface area is 137 Å². The summed E-state index contributed by atoms with van der Waals surface area (Å²) >= 11 is 3.76. The van der Waals surface area contributed by atoms with Gasteiger partial charge in [-0.05, 0) is 25.2 Å². The van der Waals surface area contributed by atoms with Gasteiger partial charge in [-0.15, -0.1) is 0 Å². The Bertz CT molecular complexity index is 247. The first-order valence-electron chi connectivity index (χ1n) is 8.67. The summed E-state index contributed by atoms with van der Waals surface area (Å²) in [6.45, 7) is 6.87. The van der Waals surface area contributed by atoms with Gasteiger partial charge in [0.05, 0.1) is 12.6 Å². The van der Waals surface area contributed by atoms with Crippen molar-refractivity contribution in [3.63, 3.8) is 0 Å². The lowest BCUT2D eigenvalue weighted by Gasteiger charge is -2.21. The first-order valence-corrected chi connectivity index (χ1v) is 9.04. The zero-order chi connectivity index (χ0) is 15.9. The molecule has 0 aliphatic heterocycles. The molecule has 0 radical (unpaired) electrons. The number of thiol groups is 1. The van der Waals surface area contributed by atoms with E-state index >= 15 is 0 Å². The van der Waals surface area contributed by atoms with E-state index in [9.17, 15) is 4.79 Å². The first kappa shape index (κ1) is 20.8. The fourth-order valence-corrected chi connectivity index (χ4v) is 2.52. The molecule has 0 aromatic rings. The van der Waals surface area contributed by atoms with Gasteiger partial charge >= 0.3 is 0 Å². The first-order chi connectivity index (χ1) is 10.1. The number of carbonyl (C=O) groups excluding carboxylic acids is 1. The second kappa shape index (κ2) is 14.7. The molecule has 1 atom stereocenters. The highest BCUT2D eigenvalue weighted by Gasteiger charge is 2.15. The second-order valence-corrected chi connectivity index (χ2v) is 6.55. The van der Waals surface area contributed by atoms with Crippen LogP contribution >= 0.6 is 12.9 Å². The summed E-state index contributed by atoms with van der Waals surface area (Å²) in [5.41, 5.74) is 0. The monoisotopic (exact) mass is 317 g/mol. The standard InChI is InChI=1S/C17H35NO2S/c1-4-5-6-7-8-9-10-11-12-13-17(19)18-16(14-20-21)15(2)3/h15-16,21H,4-14H2,1-3H3,(H,18,19)/t16-/m1/s1. The lowest BCUT2D eigenvalue weighted by atomic mass is 10.0. The van der Waals surface area contributed by atoms with Crippen LogP contribution in [0.1, 0.15) is 85.0 Å². The summed E-state index contributed by atoms with van der Waals surface area (Å²) in [6.07, 6.45) is 12.1. The van der Waals surface area contributed by atoms with Gasteiger partial charge in [0.25, 0.3) is 0 Å². The molecule has 4 heteroatoms. The van der Waals surface area contributed by atoms with Crippen molar-refractivity contribution in [1.82, 2.24) is 5.32 Å². The van der Waals surface area contributed by atoms with E-state index in [1.807, 2.05) is 0 Å². The van der Waals surface area contributed by atoms with Crippen molar-refractivity contribution in [3.05, 3.63) is 0 Å². The van der Waals surface area contributed by atoms with Crippen LogP contribution < -0.4 is 5.32 Å². The van der Waals surface area contributed by atoms with Crippen LogP contribution in [0.2, 0.25) is 0 Å². The van der Waals surface area contributed by atoms with Crippen LogP contribution in [0.3, 0.4) is 0 Å². The Hall–Kier alpha value is -0.220. The summed E-state index contributed by atoms with van der Waals surface area (Å²) in [7, 11) is 0. The molecule has 0 unspecified atom stereocenters. The number of unbranched alkanes of at least 4 members (excludes halogenated alkanes) is 8. The summed E-state index contributed by atoms with van der Waals surface area (Å²) < 4.78 is 4.84. The van der Waals surface area contributed by atoms with Gasteiger partial charge in [0, 0.05) is 6.42 Å². The van der Waals surface area contributed by atoms with Gasteiger partial charge in [-0.3, -0.25) is 4.79 Å². The number of hydrogen-bond acceptors (Lipinski definition) is 3. The van der Waals surface area contributed by atoms with Crippen molar-refractivity contribution >= 4 is 18.8 Å². The molecule has 0 aromatic heterocycles. The van der Waals surface area contributed by atoms with Crippen LogP contribution in [0.25, 0.3) is 0 Å². The van der Waals surface area contributed by atoms with Crippen LogP contribution in [0.5, 0.6) is 0 Å². The molecule has 0 heterocycles. The molecule has 0 fully saturated rings. The molecule has 0 saturated heterocycles. The van der Waals surface area contributed by atoms with E-state index in [2.05, 4.69) is 39.0 Å². The number of carbonyl (C=O) groups is 1. The van der Waals surface area contributed by atoms with Crippen LogP contribution in [0.4, 0.5) is 0 Å². The van der Waals surface area contributed by atoms with Crippen molar-refractivity contribution in [1.29, 1.82) is 0 Å². The maximum atomic E-state index is 11.8. The third-order valence-electron chi connectivity index (χ3n) is 3.91. The van der Waals surface area contributed by atoms with E-state index in [1.165, 1.54) is 44.9 Å². The van der Waals surface area contributed by atoms with Crippen LogP contribution in [-0.2, 0) is 8.98 Å². The molecular formula is C17H35NO2S. The van der Waals surface area contributed by atoms with E-state index in [4.69, 9.17) is 4.18 Å². The van der Waals surface area contributed by atoms with Crippen molar-refractivity contribution < 1.29 is 8.98 Å². The highest BCUT2D eigenvalue weighted by atomic mass is 32.1. The molecule has 0 rings (SSSR count). The van der Waals surface area contributed by atoms with E-state index in [0.717, 1.165) is 12.8 Å². The van der Waals surface area contributed by atoms with Crippen molar-refractivity contribution in [2.45, 2.75) is 91.0 Å². The normalized spacial score (nSPS) is 12.6. The molecule has 1 amide bonds. The van der Waals surface area contributed by atoms with E-state index in [0.29, 0.717) is 18.9 Å². The van der Waals surface area contributed by atoms with Gasteiger partial charge in [0.1, 0.15) is 0 Å².